The Morgan fingerprint density at radius 1 is 1.05 bits per heavy atom. The van der Waals surface area contributed by atoms with Gasteiger partial charge in [-0.25, -0.2) is 0 Å². The Hall–Kier alpha value is -2.29. The van der Waals surface area contributed by atoms with Crippen LogP contribution in [0.2, 0.25) is 0 Å². The topological polar surface area (TPSA) is 38.3 Å². The van der Waals surface area contributed by atoms with Crippen molar-refractivity contribution in [3.05, 3.63) is 65.7 Å². The van der Waals surface area contributed by atoms with Gasteiger partial charge in [0, 0.05) is 5.69 Å². The van der Waals surface area contributed by atoms with E-state index in [0.717, 1.165) is 24.1 Å². The van der Waals surface area contributed by atoms with Gasteiger partial charge in [0.2, 0.25) is 0 Å². The van der Waals surface area contributed by atoms with Gasteiger partial charge in [-0.3, -0.25) is 4.79 Å². The summed E-state index contributed by atoms with van der Waals surface area (Å²) < 4.78 is 4.98. The van der Waals surface area contributed by atoms with Crippen LogP contribution in [0.25, 0.3) is 0 Å². The summed E-state index contributed by atoms with van der Waals surface area (Å²) in [4.78, 5) is 12.1. The largest absolute Gasteiger partial charge is 0.469 e. The third kappa shape index (κ3) is 2.77. The fourth-order valence-electron chi connectivity index (χ4n) is 3.00. The zero-order chi connectivity index (χ0) is 14.7. The summed E-state index contributed by atoms with van der Waals surface area (Å²) in [5, 5.41) is 3.58. The summed E-state index contributed by atoms with van der Waals surface area (Å²) in [6, 6.07) is 18.6. The lowest BCUT2D eigenvalue weighted by Gasteiger charge is -2.18. The molecule has 0 saturated carbocycles. The average Bonchev–Trinajstić information content (AvgIpc) is 2.74. The van der Waals surface area contributed by atoms with Crippen LogP contribution in [0.3, 0.4) is 0 Å². The zero-order valence-electron chi connectivity index (χ0n) is 12.1. The number of benzene rings is 2. The molecule has 3 heteroatoms. The standard InChI is InChI=1S/C18H19NO2/c1-21-18(20)15-11-12-16(13-7-3-2-4-8-13)19-17-10-6-5-9-14(15)17/h2-10,15-16,19H,11-12H2,1H3/t15-,16+/m0/s1. The van der Waals surface area contributed by atoms with Gasteiger partial charge in [-0.2, -0.15) is 0 Å². The number of carbonyl (C=O) groups excluding carboxylic acids is 1. The molecule has 0 saturated heterocycles. The molecule has 0 aliphatic carbocycles. The number of ether oxygens (including phenoxy) is 1. The summed E-state index contributed by atoms with van der Waals surface area (Å²) in [6.07, 6.45) is 1.69. The molecular weight excluding hydrogens is 262 g/mol. The van der Waals surface area contributed by atoms with Crippen LogP contribution in [0.4, 0.5) is 5.69 Å². The predicted octanol–water partition coefficient (Wildman–Crippen LogP) is 3.89. The van der Waals surface area contributed by atoms with Crippen LogP contribution in [0, 0.1) is 0 Å². The van der Waals surface area contributed by atoms with E-state index in [0.29, 0.717) is 0 Å². The highest BCUT2D eigenvalue weighted by Crippen LogP contribution is 2.38. The SMILES string of the molecule is COC(=O)[C@H]1CC[C@H](c2ccccc2)Nc2ccccc21. The Bertz CT molecular complexity index is 624. The van der Waals surface area contributed by atoms with E-state index >= 15 is 0 Å². The van der Waals surface area contributed by atoms with Gasteiger partial charge in [0.15, 0.2) is 0 Å². The molecule has 108 valence electrons. The number of nitrogens with one attached hydrogen (secondary N) is 1. The molecule has 1 N–H and O–H groups in total. The quantitative estimate of drug-likeness (QED) is 0.849. The van der Waals surface area contributed by atoms with Gasteiger partial charge >= 0.3 is 5.97 Å². The number of carbonyl (C=O) groups is 1. The van der Waals surface area contributed by atoms with Gasteiger partial charge in [-0.05, 0) is 30.0 Å². The number of fused-ring (bicyclic) bond motifs is 1. The summed E-state index contributed by atoms with van der Waals surface area (Å²) >= 11 is 0. The molecule has 3 rings (SSSR count). The predicted molar refractivity (Wildman–Crippen MR) is 83.2 cm³/mol. The zero-order valence-corrected chi connectivity index (χ0v) is 12.1. The Morgan fingerprint density at radius 3 is 2.52 bits per heavy atom. The molecule has 3 nitrogen and oxygen atoms in total. The minimum Gasteiger partial charge on any atom is -0.469 e. The maximum absolute atomic E-state index is 12.1. The minimum absolute atomic E-state index is 0.155. The molecule has 1 heterocycles. The van der Waals surface area contributed by atoms with Crippen molar-refractivity contribution in [3.8, 4) is 0 Å². The molecule has 0 unspecified atom stereocenters. The van der Waals surface area contributed by atoms with Crippen molar-refractivity contribution >= 4 is 11.7 Å². The molecule has 0 aromatic heterocycles. The molecule has 2 atom stereocenters. The van der Waals surface area contributed by atoms with E-state index in [4.69, 9.17) is 4.74 Å². The van der Waals surface area contributed by atoms with E-state index in [-0.39, 0.29) is 17.9 Å². The monoisotopic (exact) mass is 281 g/mol. The van der Waals surface area contributed by atoms with Gasteiger partial charge in [-0.15, -0.1) is 0 Å². The molecule has 0 fully saturated rings. The number of rotatable bonds is 2. The lowest BCUT2D eigenvalue weighted by Crippen LogP contribution is -2.13. The third-order valence-electron chi connectivity index (χ3n) is 4.10. The highest BCUT2D eigenvalue weighted by atomic mass is 16.5. The maximum atomic E-state index is 12.1. The lowest BCUT2D eigenvalue weighted by molar-refractivity contribution is -0.142. The summed E-state index contributed by atoms with van der Waals surface area (Å²) in [6.45, 7) is 0. The molecule has 0 amide bonds. The smallest absolute Gasteiger partial charge is 0.313 e. The summed E-state index contributed by atoms with van der Waals surface area (Å²) in [5.74, 6) is -0.342. The van der Waals surface area contributed by atoms with Gasteiger partial charge in [0.1, 0.15) is 0 Å². The van der Waals surface area contributed by atoms with Crippen molar-refractivity contribution in [2.45, 2.75) is 24.8 Å². The van der Waals surface area contributed by atoms with E-state index < -0.39 is 0 Å². The fraction of sp³-hybridized carbons (Fsp3) is 0.278. The molecular formula is C18H19NO2. The molecule has 2 aromatic rings. The van der Waals surface area contributed by atoms with Crippen LogP contribution in [-0.4, -0.2) is 13.1 Å². The Kier molecular flexibility index (Phi) is 3.91. The number of esters is 1. The number of para-hydroxylation sites is 1. The van der Waals surface area contributed by atoms with Crippen LogP contribution in [0.1, 0.15) is 35.9 Å². The highest BCUT2D eigenvalue weighted by molar-refractivity contribution is 5.81. The normalized spacial score (nSPS) is 20.8. The summed E-state index contributed by atoms with van der Waals surface area (Å²) in [7, 11) is 1.46. The van der Waals surface area contributed by atoms with Crippen molar-refractivity contribution in [1.82, 2.24) is 0 Å². The lowest BCUT2D eigenvalue weighted by atomic mass is 9.92. The molecule has 1 aliphatic heterocycles. The first kappa shape index (κ1) is 13.7. The van der Waals surface area contributed by atoms with Crippen LogP contribution in [-0.2, 0) is 9.53 Å². The fourth-order valence-corrected chi connectivity index (χ4v) is 3.00. The van der Waals surface area contributed by atoms with Crippen molar-refractivity contribution < 1.29 is 9.53 Å². The second-order valence-electron chi connectivity index (χ2n) is 5.35. The van der Waals surface area contributed by atoms with E-state index in [1.54, 1.807) is 0 Å². The van der Waals surface area contributed by atoms with Crippen molar-refractivity contribution in [1.29, 1.82) is 0 Å². The van der Waals surface area contributed by atoms with Gasteiger partial charge < -0.3 is 10.1 Å². The number of anilines is 1. The van der Waals surface area contributed by atoms with Gasteiger partial charge in [-0.1, -0.05) is 48.5 Å². The molecule has 21 heavy (non-hydrogen) atoms. The minimum atomic E-state index is -0.188. The molecule has 0 spiro atoms. The Morgan fingerprint density at radius 2 is 1.76 bits per heavy atom. The van der Waals surface area contributed by atoms with Crippen molar-refractivity contribution in [2.24, 2.45) is 0 Å². The number of methoxy groups -OCH3 is 1. The first-order valence-corrected chi connectivity index (χ1v) is 7.28. The maximum Gasteiger partial charge on any atom is 0.313 e. The molecule has 0 bridgehead atoms. The van der Waals surface area contributed by atoms with Gasteiger partial charge in [0.05, 0.1) is 19.1 Å². The van der Waals surface area contributed by atoms with E-state index in [2.05, 4.69) is 17.4 Å². The Labute approximate surface area is 124 Å². The third-order valence-corrected chi connectivity index (χ3v) is 4.10. The van der Waals surface area contributed by atoms with E-state index in [1.165, 1.54) is 12.7 Å². The van der Waals surface area contributed by atoms with Crippen LogP contribution < -0.4 is 5.32 Å². The number of hydrogen-bond acceptors (Lipinski definition) is 3. The van der Waals surface area contributed by atoms with Crippen LogP contribution >= 0.6 is 0 Å². The number of hydrogen-bond donors (Lipinski definition) is 1. The molecule has 1 aliphatic rings. The van der Waals surface area contributed by atoms with E-state index in [9.17, 15) is 4.79 Å². The first-order valence-electron chi connectivity index (χ1n) is 7.28. The van der Waals surface area contributed by atoms with Crippen molar-refractivity contribution in [3.63, 3.8) is 0 Å². The van der Waals surface area contributed by atoms with Crippen LogP contribution in [0.15, 0.2) is 54.6 Å². The second kappa shape index (κ2) is 6.00. The first-order chi connectivity index (χ1) is 10.3. The van der Waals surface area contributed by atoms with Gasteiger partial charge in [0.25, 0.3) is 0 Å². The van der Waals surface area contributed by atoms with E-state index in [1.807, 2.05) is 42.5 Å². The Balaban J connectivity index is 1.96. The van der Waals surface area contributed by atoms with Crippen molar-refractivity contribution in [2.75, 3.05) is 12.4 Å². The molecule has 0 radical (unpaired) electrons. The molecule has 2 aromatic carbocycles. The van der Waals surface area contributed by atoms with Crippen LogP contribution in [0.5, 0.6) is 0 Å². The highest BCUT2D eigenvalue weighted by Gasteiger charge is 2.29. The average molecular weight is 281 g/mol. The summed E-state index contributed by atoms with van der Waals surface area (Å²) in [5.41, 5.74) is 3.31. The second-order valence-corrected chi connectivity index (χ2v) is 5.35.